The van der Waals surface area contributed by atoms with E-state index in [4.69, 9.17) is 0 Å². The van der Waals surface area contributed by atoms with E-state index in [0.717, 1.165) is 18.2 Å². The molecule has 0 fully saturated rings. The first kappa shape index (κ1) is 11.6. The Balaban J connectivity index is 2.37. The number of hydrogen-bond acceptors (Lipinski definition) is 3. The third-order valence-electron chi connectivity index (χ3n) is 1.80. The SMILES string of the molecule is FC(F)c1nc2cc(OC(F)(F)F)ccc2o1. The van der Waals surface area contributed by atoms with Crippen LogP contribution in [0.15, 0.2) is 22.6 Å². The number of oxazole rings is 1. The van der Waals surface area contributed by atoms with Gasteiger partial charge < -0.3 is 9.15 Å². The topological polar surface area (TPSA) is 35.3 Å². The zero-order chi connectivity index (χ0) is 12.6. The summed E-state index contributed by atoms with van der Waals surface area (Å²) < 4.78 is 68.3. The van der Waals surface area contributed by atoms with Gasteiger partial charge in [0, 0.05) is 6.07 Å². The number of nitrogens with zero attached hydrogens (tertiary/aromatic N) is 1. The van der Waals surface area contributed by atoms with E-state index in [1.165, 1.54) is 0 Å². The molecule has 0 unspecified atom stereocenters. The fourth-order valence-corrected chi connectivity index (χ4v) is 1.22. The Bertz CT molecular complexity index is 534. The van der Waals surface area contributed by atoms with Gasteiger partial charge in [0.1, 0.15) is 11.3 Å². The van der Waals surface area contributed by atoms with Crippen LogP contribution in [0.1, 0.15) is 12.3 Å². The van der Waals surface area contributed by atoms with Crippen molar-refractivity contribution in [3.05, 3.63) is 24.1 Å². The second kappa shape index (κ2) is 3.86. The minimum atomic E-state index is -4.84. The first-order chi connectivity index (χ1) is 7.85. The van der Waals surface area contributed by atoms with Crippen molar-refractivity contribution in [2.45, 2.75) is 12.8 Å². The van der Waals surface area contributed by atoms with Crippen LogP contribution in [0.2, 0.25) is 0 Å². The van der Waals surface area contributed by atoms with Crippen LogP contribution in [-0.2, 0) is 0 Å². The zero-order valence-electron chi connectivity index (χ0n) is 7.96. The molecule has 2 rings (SSSR count). The Hall–Kier alpha value is -1.86. The lowest BCUT2D eigenvalue weighted by Gasteiger charge is -2.07. The maximum Gasteiger partial charge on any atom is 0.573 e. The largest absolute Gasteiger partial charge is 0.573 e. The van der Waals surface area contributed by atoms with E-state index in [9.17, 15) is 22.0 Å². The second-order valence-electron chi connectivity index (χ2n) is 3.03. The molecule has 8 heteroatoms. The number of aromatic nitrogens is 1. The number of halogens is 5. The minimum absolute atomic E-state index is 0.0326. The van der Waals surface area contributed by atoms with Gasteiger partial charge in [-0.1, -0.05) is 0 Å². The maximum absolute atomic E-state index is 12.2. The number of hydrogen-bond donors (Lipinski definition) is 0. The van der Waals surface area contributed by atoms with E-state index in [0.29, 0.717) is 0 Å². The Labute approximate surface area is 90.8 Å². The van der Waals surface area contributed by atoms with E-state index in [-0.39, 0.29) is 11.1 Å². The Morgan fingerprint density at radius 2 is 1.94 bits per heavy atom. The summed E-state index contributed by atoms with van der Waals surface area (Å²) in [6, 6.07) is 2.91. The number of benzene rings is 1. The van der Waals surface area contributed by atoms with Gasteiger partial charge in [-0.05, 0) is 12.1 Å². The van der Waals surface area contributed by atoms with Crippen LogP contribution in [-0.4, -0.2) is 11.3 Å². The standard InChI is InChI=1S/C9H4F5NO2/c10-7(11)8-15-5-3-4(17-9(12,13)14)1-2-6(5)16-8/h1-3,7H. The molecule has 0 aliphatic rings. The highest BCUT2D eigenvalue weighted by Crippen LogP contribution is 2.28. The lowest BCUT2D eigenvalue weighted by molar-refractivity contribution is -0.274. The molecule has 0 bridgehead atoms. The average Bonchev–Trinajstić information content (AvgIpc) is 2.57. The van der Waals surface area contributed by atoms with Crippen LogP contribution in [0.4, 0.5) is 22.0 Å². The van der Waals surface area contributed by atoms with Crippen LogP contribution < -0.4 is 4.74 Å². The average molecular weight is 253 g/mol. The molecule has 0 atom stereocenters. The first-order valence-corrected chi connectivity index (χ1v) is 4.29. The molecule has 0 N–H and O–H groups in total. The molecule has 1 heterocycles. The molecule has 3 nitrogen and oxygen atoms in total. The monoisotopic (exact) mass is 253 g/mol. The second-order valence-corrected chi connectivity index (χ2v) is 3.03. The fourth-order valence-electron chi connectivity index (χ4n) is 1.22. The lowest BCUT2D eigenvalue weighted by Crippen LogP contribution is -2.16. The van der Waals surface area contributed by atoms with E-state index in [1.807, 2.05) is 0 Å². The number of rotatable bonds is 2. The third-order valence-corrected chi connectivity index (χ3v) is 1.80. The van der Waals surface area contributed by atoms with E-state index in [2.05, 4.69) is 14.1 Å². The van der Waals surface area contributed by atoms with Crippen LogP contribution >= 0.6 is 0 Å². The van der Waals surface area contributed by atoms with Gasteiger partial charge in [-0.2, -0.15) is 8.78 Å². The highest BCUT2D eigenvalue weighted by atomic mass is 19.4. The molecular weight excluding hydrogens is 249 g/mol. The van der Waals surface area contributed by atoms with Crippen LogP contribution in [0.5, 0.6) is 5.75 Å². The van der Waals surface area contributed by atoms with Gasteiger partial charge in [0.15, 0.2) is 5.58 Å². The highest BCUT2D eigenvalue weighted by molar-refractivity contribution is 5.74. The highest BCUT2D eigenvalue weighted by Gasteiger charge is 2.31. The summed E-state index contributed by atoms with van der Waals surface area (Å²) in [5.74, 6) is -1.39. The van der Waals surface area contributed by atoms with Crippen molar-refractivity contribution < 1.29 is 31.1 Å². The molecule has 2 aromatic rings. The molecule has 0 saturated heterocycles. The van der Waals surface area contributed by atoms with Crippen LogP contribution in [0.25, 0.3) is 11.1 Å². The molecule has 1 aromatic carbocycles. The molecule has 17 heavy (non-hydrogen) atoms. The molecule has 0 amide bonds. The summed E-state index contributed by atoms with van der Waals surface area (Å²) in [7, 11) is 0. The van der Waals surface area contributed by atoms with Gasteiger partial charge in [0.05, 0.1) is 0 Å². The van der Waals surface area contributed by atoms with E-state index < -0.39 is 24.4 Å². The van der Waals surface area contributed by atoms with Crippen molar-refractivity contribution >= 4 is 11.1 Å². The van der Waals surface area contributed by atoms with Crippen LogP contribution in [0, 0.1) is 0 Å². The predicted octanol–water partition coefficient (Wildman–Crippen LogP) is 3.66. The summed E-state index contributed by atoms with van der Waals surface area (Å²) in [5, 5.41) is 0. The van der Waals surface area contributed by atoms with Gasteiger partial charge in [-0.25, -0.2) is 4.98 Å². The van der Waals surface area contributed by atoms with Gasteiger partial charge in [-0.15, -0.1) is 13.2 Å². The number of alkyl halides is 5. The van der Waals surface area contributed by atoms with Gasteiger partial charge >= 0.3 is 12.8 Å². The Morgan fingerprint density at radius 1 is 1.24 bits per heavy atom. The molecule has 0 saturated carbocycles. The third kappa shape index (κ3) is 2.63. The van der Waals surface area contributed by atoms with Crippen molar-refractivity contribution in [2.75, 3.05) is 0 Å². The van der Waals surface area contributed by atoms with E-state index in [1.54, 1.807) is 0 Å². The summed E-state index contributed by atoms with van der Waals surface area (Å²) >= 11 is 0. The molecule has 0 radical (unpaired) electrons. The van der Waals surface area contributed by atoms with Crippen LogP contribution in [0.3, 0.4) is 0 Å². The number of fused-ring (bicyclic) bond motifs is 1. The predicted molar refractivity (Wildman–Crippen MR) is 45.6 cm³/mol. The van der Waals surface area contributed by atoms with Crippen molar-refractivity contribution in [3.8, 4) is 5.75 Å². The Kier molecular flexibility index (Phi) is 2.64. The summed E-state index contributed by atoms with van der Waals surface area (Å²) in [4.78, 5) is 3.34. The molecular formula is C9H4F5NO2. The zero-order valence-corrected chi connectivity index (χ0v) is 7.96. The molecule has 92 valence electrons. The fraction of sp³-hybridized carbons (Fsp3) is 0.222. The molecule has 1 aromatic heterocycles. The molecule has 0 aliphatic carbocycles. The smallest absolute Gasteiger partial charge is 0.435 e. The first-order valence-electron chi connectivity index (χ1n) is 4.29. The normalized spacial score (nSPS) is 12.4. The van der Waals surface area contributed by atoms with Crippen molar-refractivity contribution in [3.63, 3.8) is 0 Å². The lowest BCUT2D eigenvalue weighted by atomic mass is 10.3. The van der Waals surface area contributed by atoms with Crippen molar-refractivity contribution in [1.82, 2.24) is 4.98 Å². The minimum Gasteiger partial charge on any atom is -0.435 e. The van der Waals surface area contributed by atoms with Gasteiger partial charge in [-0.3, -0.25) is 0 Å². The Morgan fingerprint density at radius 3 is 2.53 bits per heavy atom. The quantitative estimate of drug-likeness (QED) is 0.766. The van der Waals surface area contributed by atoms with Gasteiger partial charge in [0.25, 0.3) is 5.89 Å². The summed E-state index contributed by atoms with van der Waals surface area (Å²) in [5.41, 5.74) is -0.156. The number of ether oxygens (including phenoxy) is 1. The van der Waals surface area contributed by atoms with Gasteiger partial charge in [0.2, 0.25) is 0 Å². The van der Waals surface area contributed by atoms with E-state index >= 15 is 0 Å². The van der Waals surface area contributed by atoms with Crippen molar-refractivity contribution in [2.24, 2.45) is 0 Å². The van der Waals surface area contributed by atoms with Crippen molar-refractivity contribution in [1.29, 1.82) is 0 Å². The summed E-state index contributed by atoms with van der Waals surface area (Å²) in [6.45, 7) is 0. The summed E-state index contributed by atoms with van der Waals surface area (Å²) in [6.07, 6.45) is -7.77. The molecule has 0 aliphatic heterocycles. The maximum atomic E-state index is 12.2. The molecule has 0 spiro atoms.